The fraction of sp³-hybridized carbons (Fsp3) is 0.385. The molecule has 0 amide bonds. The van der Waals surface area contributed by atoms with Crippen molar-refractivity contribution < 1.29 is 5.11 Å². The Morgan fingerprint density at radius 2 is 2.12 bits per heavy atom. The average molecular weight is 218 g/mol. The summed E-state index contributed by atoms with van der Waals surface area (Å²) in [5.41, 5.74) is 2.20. The number of nitrogens with zero attached hydrogens (tertiary/aromatic N) is 1. The van der Waals surface area contributed by atoms with E-state index in [9.17, 15) is 5.11 Å². The van der Waals surface area contributed by atoms with E-state index in [1.807, 2.05) is 25.4 Å². The molecule has 0 unspecified atom stereocenters. The van der Waals surface area contributed by atoms with Crippen LogP contribution in [0.4, 0.5) is 0 Å². The summed E-state index contributed by atoms with van der Waals surface area (Å²) in [6.07, 6.45) is 1.61. The molecule has 86 valence electrons. The lowest BCUT2D eigenvalue weighted by atomic mass is 10.1. The Kier molecular flexibility index (Phi) is 3.27. The molecule has 3 nitrogen and oxygen atoms in total. The van der Waals surface area contributed by atoms with Crippen LogP contribution in [0.3, 0.4) is 0 Å². The Balaban J connectivity index is 2.52. The van der Waals surface area contributed by atoms with Crippen LogP contribution in [0.15, 0.2) is 30.5 Å². The number of benzene rings is 1. The van der Waals surface area contributed by atoms with Crippen LogP contribution < -0.4 is 5.32 Å². The molecule has 16 heavy (non-hydrogen) atoms. The Hall–Kier alpha value is -1.32. The van der Waals surface area contributed by atoms with Crippen LogP contribution in [-0.4, -0.2) is 23.3 Å². The molecule has 0 aliphatic heterocycles. The van der Waals surface area contributed by atoms with Crippen LogP contribution in [0, 0.1) is 0 Å². The molecule has 0 aliphatic carbocycles. The number of rotatable bonds is 4. The predicted octanol–water partition coefficient (Wildman–Crippen LogP) is 1.91. The summed E-state index contributed by atoms with van der Waals surface area (Å²) >= 11 is 0. The van der Waals surface area contributed by atoms with Crippen LogP contribution in [0.1, 0.15) is 18.6 Å². The number of hydrogen-bond donors (Lipinski definition) is 2. The van der Waals surface area contributed by atoms with Crippen molar-refractivity contribution >= 4 is 10.9 Å². The molecule has 2 rings (SSSR count). The van der Waals surface area contributed by atoms with Crippen molar-refractivity contribution in [2.75, 3.05) is 13.6 Å². The Morgan fingerprint density at radius 3 is 2.81 bits per heavy atom. The topological polar surface area (TPSA) is 37.2 Å². The summed E-state index contributed by atoms with van der Waals surface area (Å²) in [5, 5.41) is 14.2. The van der Waals surface area contributed by atoms with Crippen LogP contribution in [0.5, 0.6) is 0 Å². The second-order valence-corrected chi connectivity index (χ2v) is 3.96. The molecule has 0 bridgehead atoms. The van der Waals surface area contributed by atoms with Gasteiger partial charge in [-0.05, 0) is 20.0 Å². The number of fused-ring (bicyclic) bond motifs is 1. The standard InChI is InChI=1S/C13H18N2O/c1-3-15-9-11(13(16)8-14-2)10-6-4-5-7-12(10)15/h4-7,9,13-14,16H,3,8H2,1-2H3/t13-/m1/s1. The van der Waals surface area contributed by atoms with Gasteiger partial charge in [-0.3, -0.25) is 0 Å². The smallest absolute Gasteiger partial charge is 0.0934 e. The first-order chi connectivity index (χ1) is 7.77. The highest BCUT2D eigenvalue weighted by Crippen LogP contribution is 2.26. The summed E-state index contributed by atoms with van der Waals surface area (Å²) in [4.78, 5) is 0. The Bertz CT molecular complexity index is 476. The number of aliphatic hydroxyl groups is 1. The maximum absolute atomic E-state index is 10.1. The van der Waals surface area contributed by atoms with Crippen LogP contribution in [0.25, 0.3) is 10.9 Å². The lowest BCUT2D eigenvalue weighted by Crippen LogP contribution is -2.16. The zero-order chi connectivity index (χ0) is 11.5. The van der Waals surface area contributed by atoms with E-state index in [2.05, 4.69) is 28.9 Å². The normalized spacial score (nSPS) is 13.2. The highest BCUT2D eigenvalue weighted by atomic mass is 16.3. The second kappa shape index (κ2) is 4.68. The molecular weight excluding hydrogens is 200 g/mol. The van der Waals surface area contributed by atoms with Crippen LogP contribution >= 0.6 is 0 Å². The van der Waals surface area contributed by atoms with Gasteiger partial charge in [0.15, 0.2) is 0 Å². The lowest BCUT2D eigenvalue weighted by Gasteiger charge is -2.08. The molecule has 1 heterocycles. The van der Waals surface area contributed by atoms with Gasteiger partial charge in [-0.1, -0.05) is 18.2 Å². The largest absolute Gasteiger partial charge is 0.387 e. The molecule has 1 atom stereocenters. The number of hydrogen-bond acceptors (Lipinski definition) is 2. The van der Waals surface area contributed by atoms with E-state index < -0.39 is 6.10 Å². The SMILES string of the molecule is CCn1cc([C@H](O)CNC)c2ccccc21. The molecule has 2 aromatic rings. The minimum atomic E-state index is -0.442. The molecule has 1 aromatic heterocycles. The molecule has 0 saturated heterocycles. The third-order valence-corrected chi connectivity index (χ3v) is 2.92. The van der Waals surface area contributed by atoms with E-state index in [0.717, 1.165) is 17.5 Å². The van der Waals surface area contributed by atoms with E-state index in [0.29, 0.717) is 6.54 Å². The summed E-state index contributed by atoms with van der Waals surface area (Å²) in [6, 6.07) is 8.20. The van der Waals surface area contributed by atoms with Crippen molar-refractivity contribution in [1.29, 1.82) is 0 Å². The molecule has 3 heteroatoms. The minimum absolute atomic E-state index is 0.442. The third kappa shape index (κ3) is 1.84. The number of nitrogens with one attached hydrogen (secondary N) is 1. The van der Waals surface area contributed by atoms with Gasteiger partial charge in [0.2, 0.25) is 0 Å². The van der Waals surface area contributed by atoms with Gasteiger partial charge >= 0.3 is 0 Å². The maximum Gasteiger partial charge on any atom is 0.0934 e. The van der Waals surface area contributed by atoms with E-state index >= 15 is 0 Å². The van der Waals surface area contributed by atoms with Crippen molar-refractivity contribution in [2.45, 2.75) is 19.6 Å². The lowest BCUT2D eigenvalue weighted by molar-refractivity contribution is 0.179. The monoisotopic (exact) mass is 218 g/mol. The minimum Gasteiger partial charge on any atom is -0.387 e. The molecule has 0 spiro atoms. The highest BCUT2D eigenvalue weighted by molar-refractivity contribution is 5.84. The molecule has 0 radical (unpaired) electrons. The predicted molar refractivity (Wildman–Crippen MR) is 66.5 cm³/mol. The van der Waals surface area contributed by atoms with Gasteiger partial charge in [0.1, 0.15) is 0 Å². The summed E-state index contributed by atoms with van der Waals surface area (Å²) in [5.74, 6) is 0. The van der Waals surface area contributed by atoms with E-state index in [1.54, 1.807) is 0 Å². The number of aliphatic hydroxyl groups excluding tert-OH is 1. The van der Waals surface area contributed by atoms with E-state index in [-0.39, 0.29) is 0 Å². The van der Waals surface area contributed by atoms with Crippen LogP contribution in [0.2, 0.25) is 0 Å². The van der Waals surface area contributed by atoms with Gasteiger partial charge in [-0.15, -0.1) is 0 Å². The van der Waals surface area contributed by atoms with E-state index in [4.69, 9.17) is 0 Å². The van der Waals surface area contributed by atoms with Crippen molar-refractivity contribution in [3.63, 3.8) is 0 Å². The van der Waals surface area contributed by atoms with Crippen molar-refractivity contribution in [3.8, 4) is 0 Å². The van der Waals surface area contributed by atoms with Gasteiger partial charge in [0.25, 0.3) is 0 Å². The fourth-order valence-electron chi connectivity index (χ4n) is 2.11. The third-order valence-electron chi connectivity index (χ3n) is 2.92. The molecule has 0 saturated carbocycles. The fourth-order valence-corrected chi connectivity index (χ4v) is 2.11. The first-order valence-corrected chi connectivity index (χ1v) is 5.68. The molecule has 0 fully saturated rings. The molecular formula is C13H18N2O. The van der Waals surface area contributed by atoms with Crippen LogP contribution in [-0.2, 0) is 6.54 Å². The highest BCUT2D eigenvalue weighted by Gasteiger charge is 2.13. The van der Waals surface area contributed by atoms with E-state index in [1.165, 1.54) is 5.52 Å². The van der Waals surface area contributed by atoms with Gasteiger partial charge in [0, 0.05) is 35.8 Å². The number of aromatic nitrogens is 1. The number of para-hydroxylation sites is 1. The van der Waals surface area contributed by atoms with Gasteiger partial charge in [-0.25, -0.2) is 0 Å². The van der Waals surface area contributed by atoms with Gasteiger partial charge < -0.3 is 15.0 Å². The molecule has 0 aliphatic rings. The average Bonchev–Trinajstić information content (AvgIpc) is 2.68. The second-order valence-electron chi connectivity index (χ2n) is 3.96. The van der Waals surface area contributed by atoms with Crippen molar-refractivity contribution in [1.82, 2.24) is 9.88 Å². The van der Waals surface area contributed by atoms with Gasteiger partial charge in [0.05, 0.1) is 6.10 Å². The number of aryl methyl sites for hydroxylation is 1. The summed E-state index contributed by atoms with van der Waals surface area (Å²) in [6.45, 7) is 3.62. The maximum atomic E-state index is 10.1. The van der Waals surface area contributed by atoms with Crippen molar-refractivity contribution in [3.05, 3.63) is 36.0 Å². The Labute approximate surface area is 95.7 Å². The zero-order valence-electron chi connectivity index (χ0n) is 9.77. The number of likely N-dealkylation sites (N-methyl/N-ethyl adjacent to an activating group) is 1. The first kappa shape index (κ1) is 11.2. The summed E-state index contributed by atoms with van der Waals surface area (Å²) in [7, 11) is 1.85. The zero-order valence-corrected chi connectivity index (χ0v) is 9.77. The quantitative estimate of drug-likeness (QED) is 0.822. The van der Waals surface area contributed by atoms with Crippen molar-refractivity contribution in [2.24, 2.45) is 0 Å². The molecule has 1 aromatic carbocycles. The molecule has 2 N–H and O–H groups in total. The van der Waals surface area contributed by atoms with Gasteiger partial charge in [-0.2, -0.15) is 0 Å². The first-order valence-electron chi connectivity index (χ1n) is 5.68. The summed E-state index contributed by atoms with van der Waals surface area (Å²) < 4.78 is 2.17. The Morgan fingerprint density at radius 1 is 1.38 bits per heavy atom.